The van der Waals surface area contributed by atoms with Crippen LogP contribution < -0.4 is 5.32 Å². The molecule has 0 unspecified atom stereocenters. The number of fused-ring (bicyclic) bond motifs is 5. The smallest absolute Gasteiger partial charge is 0.244 e. The monoisotopic (exact) mass is 422 g/mol. The molecule has 130 valence electrons. The zero-order valence-electron chi connectivity index (χ0n) is 13.5. The second kappa shape index (κ2) is 5.95. The molecule has 4 rings (SSSR count). The van der Waals surface area contributed by atoms with Gasteiger partial charge in [0.05, 0.1) is 16.9 Å². The number of allylic oxidation sites excluding steroid dienone is 2. The van der Waals surface area contributed by atoms with Crippen molar-refractivity contribution in [3.05, 3.63) is 39.3 Å². The second-order valence-corrected chi connectivity index (χ2v) is 8.08. The highest BCUT2D eigenvalue weighted by molar-refractivity contribution is 9.10. The molecule has 1 saturated heterocycles. The lowest BCUT2D eigenvalue weighted by Gasteiger charge is -2.17. The number of nitrogens with one attached hydrogen (secondary N) is 1. The molecule has 0 aromatic heterocycles. The number of likely N-dealkylation sites (tertiary alicyclic amines) is 1. The Morgan fingerprint density at radius 2 is 1.84 bits per heavy atom. The fraction of sp³-hybridized carbons (Fsp3) is 0.389. The summed E-state index contributed by atoms with van der Waals surface area (Å²) in [5.41, 5.74) is 1.29. The van der Waals surface area contributed by atoms with Crippen molar-refractivity contribution in [2.75, 3.05) is 11.9 Å². The Hall–Kier alpha value is -1.66. The summed E-state index contributed by atoms with van der Waals surface area (Å²) >= 11 is 9.49. The maximum absolute atomic E-state index is 12.6. The van der Waals surface area contributed by atoms with Crippen LogP contribution in [0.5, 0.6) is 0 Å². The van der Waals surface area contributed by atoms with Gasteiger partial charge in [0.25, 0.3) is 0 Å². The zero-order chi connectivity index (χ0) is 17.9. The van der Waals surface area contributed by atoms with Gasteiger partial charge >= 0.3 is 0 Å². The number of hydrogen-bond donors (Lipinski definition) is 1. The fourth-order valence-electron chi connectivity index (χ4n) is 4.24. The number of amides is 3. The Bertz CT molecular complexity index is 808. The van der Waals surface area contributed by atoms with Gasteiger partial charge in [0.2, 0.25) is 17.7 Å². The molecule has 2 aliphatic carbocycles. The van der Waals surface area contributed by atoms with Crippen LogP contribution in [0.3, 0.4) is 0 Å². The number of carbonyl (C=O) groups excluding carboxylic acids is 3. The molecule has 2 bridgehead atoms. The van der Waals surface area contributed by atoms with Crippen molar-refractivity contribution in [2.45, 2.75) is 13.3 Å². The fourth-order valence-corrected chi connectivity index (χ4v) is 4.84. The first-order chi connectivity index (χ1) is 11.9. The molecule has 0 radical (unpaired) electrons. The Balaban J connectivity index is 1.48. The summed E-state index contributed by atoms with van der Waals surface area (Å²) in [6.07, 6.45) is 4.95. The van der Waals surface area contributed by atoms with Crippen LogP contribution in [0.2, 0.25) is 5.02 Å². The lowest BCUT2D eigenvalue weighted by Crippen LogP contribution is -2.39. The second-order valence-electron chi connectivity index (χ2n) is 6.84. The van der Waals surface area contributed by atoms with Crippen LogP contribution in [0.25, 0.3) is 0 Å². The van der Waals surface area contributed by atoms with Crippen LogP contribution in [0, 0.1) is 30.6 Å². The van der Waals surface area contributed by atoms with Gasteiger partial charge in [-0.1, -0.05) is 23.8 Å². The number of imide groups is 1. The first-order valence-electron chi connectivity index (χ1n) is 8.16. The molecule has 5 nitrogen and oxygen atoms in total. The predicted molar refractivity (Wildman–Crippen MR) is 97.0 cm³/mol. The largest absolute Gasteiger partial charge is 0.324 e. The molecule has 1 aromatic carbocycles. The number of rotatable bonds is 3. The van der Waals surface area contributed by atoms with E-state index in [1.54, 1.807) is 19.1 Å². The third-order valence-corrected chi connectivity index (χ3v) is 6.85. The standard InChI is InChI=1S/C18H16BrClN2O3/c1-8-12(5-4-11(19)16(8)20)21-13(23)7-22-17(24)14-9-2-3-10(6-9)15(14)18(22)25/h2-5,9-10,14-15H,6-7H2,1H3,(H,21,23)/t9-,10+,14-,15-/m1/s1. The molecule has 7 heteroatoms. The van der Waals surface area contributed by atoms with E-state index in [9.17, 15) is 14.4 Å². The molecule has 0 spiro atoms. The number of carbonyl (C=O) groups is 3. The lowest BCUT2D eigenvalue weighted by molar-refractivity contribution is -0.143. The summed E-state index contributed by atoms with van der Waals surface area (Å²) in [6.45, 7) is 1.54. The Morgan fingerprint density at radius 1 is 1.24 bits per heavy atom. The maximum Gasteiger partial charge on any atom is 0.244 e. The summed E-state index contributed by atoms with van der Waals surface area (Å²) < 4.78 is 0.741. The highest BCUT2D eigenvalue weighted by atomic mass is 79.9. The summed E-state index contributed by atoms with van der Waals surface area (Å²) in [5.74, 6) is -1.10. The minimum absolute atomic E-state index is 0.145. The van der Waals surface area contributed by atoms with Crippen molar-refractivity contribution >= 4 is 50.9 Å². The molecule has 25 heavy (non-hydrogen) atoms. The average molecular weight is 424 g/mol. The molecule has 1 saturated carbocycles. The summed E-state index contributed by atoms with van der Waals surface area (Å²) in [4.78, 5) is 38.7. The average Bonchev–Trinajstić information content (AvgIpc) is 3.25. The van der Waals surface area contributed by atoms with E-state index in [0.29, 0.717) is 10.7 Å². The first-order valence-corrected chi connectivity index (χ1v) is 9.33. The van der Waals surface area contributed by atoms with Gasteiger partial charge in [-0.25, -0.2) is 0 Å². The van der Waals surface area contributed by atoms with Crippen molar-refractivity contribution in [3.63, 3.8) is 0 Å². The highest BCUT2D eigenvalue weighted by Crippen LogP contribution is 2.52. The number of halogens is 2. The normalized spacial score (nSPS) is 29.5. The minimum atomic E-state index is -0.400. The van der Waals surface area contributed by atoms with Gasteiger partial charge in [-0.15, -0.1) is 0 Å². The molecular formula is C18H16BrClN2O3. The van der Waals surface area contributed by atoms with Crippen LogP contribution in [0.15, 0.2) is 28.8 Å². The summed E-state index contributed by atoms with van der Waals surface area (Å²) in [5, 5.41) is 3.26. The van der Waals surface area contributed by atoms with E-state index in [1.165, 1.54) is 0 Å². The molecule has 2 fully saturated rings. The van der Waals surface area contributed by atoms with E-state index in [2.05, 4.69) is 21.2 Å². The van der Waals surface area contributed by atoms with E-state index >= 15 is 0 Å². The predicted octanol–water partition coefficient (Wildman–Crippen LogP) is 3.16. The van der Waals surface area contributed by atoms with Gasteiger partial charge < -0.3 is 5.32 Å². The Labute approximate surface area is 158 Å². The van der Waals surface area contributed by atoms with Crippen molar-refractivity contribution < 1.29 is 14.4 Å². The van der Waals surface area contributed by atoms with Crippen molar-refractivity contribution in [1.29, 1.82) is 0 Å². The number of nitrogens with zero attached hydrogens (tertiary/aromatic N) is 1. The van der Waals surface area contributed by atoms with Crippen molar-refractivity contribution in [3.8, 4) is 0 Å². The van der Waals surface area contributed by atoms with E-state index in [-0.39, 0.29) is 42.0 Å². The molecule has 1 heterocycles. The molecule has 1 aliphatic heterocycles. The van der Waals surface area contributed by atoms with E-state index in [4.69, 9.17) is 11.6 Å². The SMILES string of the molecule is Cc1c(NC(=O)CN2C(=O)[C@H]3[C@H](C2=O)[C@H]2C=C[C@@H]3C2)ccc(Br)c1Cl. The zero-order valence-corrected chi connectivity index (χ0v) is 15.8. The molecule has 3 amide bonds. The third kappa shape index (κ3) is 2.54. The van der Waals surface area contributed by atoms with Crippen LogP contribution >= 0.6 is 27.5 Å². The molecular weight excluding hydrogens is 408 g/mol. The van der Waals surface area contributed by atoms with Crippen LogP contribution in [-0.2, 0) is 14.4 Å². The minimum Gasteiger partial charge on any atom is -0.324 e. The number of hydrogen-bond acceptors (Lipinski definition) is 3. The quantitative estimate of drug-likeness (QED) is 0.600. The van der Waals surface area contributed by atoms with Crippen LogP contribution in [0.1, 0.15) is 12.0 Å². The number of anilines is 1. The molecule has 1 aromatic rings. The van der Waals surface area contributed by atoms with Gasteiger partial charge in [0, 0.05) is 10.2 Å². The van der Waals surface area contributed by atoms with Crippen LogP contribution in [-0.4, -0.2) is 29.2 Å². The summed E-state index contributed by atoms with van der Waals surface area (Å²) in [7, 11) is 0. The molecule has 1 N–H and O–H groups in total. The number of benzene rings is 1. The molecule has 4 atom stereocenters. The first kappa shape index (κ1) is 16.8. The summed E-state index contributed by atoms with van der Waals surface area (Å²) in [6, 6.07) is 3.47. The van der Waals surface area contributed by atoms with Gasteiger partial charge in [0.1, 0.15) is 6.54 Å². The van der Waals surface area contributed by atoms with E-state index in [0.717, 1.165) is 21.4 Å². The van der Waals surface area contributed by atoms with Crippen molar-refractivity contribution in [1.82, 2.24) is 4.90 Å². The lowest BCUT2D eigenvalue weighted by atomic mass is 9.85. The van der Waals surface area contributed by atoms with Gasteiger partial charge in [-0.3, -0.25) is 19.3 Å². The van der Waals surface area contributed by atoms with Gasteiger partial charge in [-0.2, -0.15) is 0 Å². The van der Waals surface area contributed by atoms with Crippen LogP contribution in [0.4, 0.5) is 5.69 Å². The maximum atomic E-state index is 12.6. The van der Waals surface area contributed by atoms with Gasteiger partial charge in [0.15, 0.2) is 0 Å². The topological polar surface area (TPSA) is 66.5 Å². The highest BCUT2D eigenvalue weighted by Gasteiger charge is 2.59. The molecule has 3 aliphatic rings. The third-order valence-electron chi connectivity index (χ3n) is 5.48. The van der Waals surface area contributed by atoms with E-state index < -0.39 is 5.91 Å². The van der Waals surface area contributed by atoms with Gasteiger partial charge in [-0.05, 0) is 58.8 Å². The Kier molecular flexibility index (Phi) is 4.00. The van der Waals surface area contributed by atoms with Crippen molar-refractivity contribution in [2.24, 2.45) is 23.7 Å². The van der Waals surface area contributed by atoms with E-state index in [1.807, 2.05) is 12.2 Å². The Morgan fingerprint density at radius 3 is 2.44 bits per heavy atom.